The normalized spacial score (nSPS) is 25.7. The zero-order valence-electron chi connectivity index (χ0n) is 30.9. The number of benzene rings is 4. The van der Waals surface area contributed by atoms with Gasteiger partial charge in [-0.1, -0.05) is 71.8 Å². The number of phenolic OH excluding ortho intramolecular Hbond substituents is 1. The highest BCUT2D eigenvalue weighted by molar-refractivity contribution is 6.22. The monoisotopic (exact) mass is 803 g/mol. The molecule has 6 unspecified atom stereocenters. The summed E-state index contributed by atoms with van der Waals surface area (Å²) in [6.45, 7) is 3.73. The van der Waals surface area contributed by atoms with Crippen molar-refractivity contribution in [1.29, 1.82) is 0 Å². The average Bonchev–Trinajstić information content (AvgIpc) is 3.57. The Morgan fingerprint density at radius 1 is 0.810 bits per heavy atom. The lowest BCUT2D eigenvalue weighted by molar-refractivity contribution is -0.143. The number of nitrogens with one attached hydrogen (secondary N) is 1. The third kappa shape index (κ3) is 5.92. The molecule has 9 nitrogen and oxygen atoms in total. The molecule has 2 aliphatic carbocycles. The fourth-order valence-corrected chi connectivity index (χ4v) is 9.46. The van der Waals surface area contributed by atoms with Crippen molar-refractivity contribution >= 4 is 35.0 Å². The number of hydrogen-bond acceptors (Lipinski definition) is 7. The molecule has 0 bridgehead atoms. The molecule has 4 aromatic carbocycles. The van der Waals surface area contributed by atoms with Gasteiger partial charge in [-0.3, -0.25) is 24.6 Å². The Hall–Kier alpha value is -6.12. The van der Waals surface area contributed by atoms with Crippen LogP contribution in [-0.4, -0.2) is 40.4 Å². The number of amides is 4. The van der Waals surface area contributed by atoms with Crippen LogP contribution in [0.4, 0.5) is 37.7 Å². The zero-order chi connectivity index (χ0) is 41.5. The van der Waals surface area contributed by atoms with Gasteiger partial charge in [-0.2, -0.15) is 31.4 Å². The van der Waals surface area contributed by atoms with E-state index in [0.29, 0.717) is 33.9 Å². The van der Waals surface area contributed by atoms with Crippen LogP contribution < -0.4 is 15.1 Å². The van der Waals surface area contributed by atoms with E-state index in [1.807, 2.05) is 6.92 Å². The molecule has 15 heteroatoms. The second kappa shape index (κ2) is 13.8. The molecule has 2 saturated heterocycles. The largest absolute Gasteiger partial charge is 0.504 e. The van der Waals surface area contributed by atoms with Crippen molar-refractivity contribution in [1.82, 2.24) is 5.01 Å². The van der Waals surface area contributed by atoms with Crippen molar-refractivity contribution in [3.05, 3.63) is 130 Å². The molecule has 300 valence electrons. The molecule has 2 heterocycles. The molecule has 4 amide bonds. The van der Waals surface area contributed by atoms with Crippen LogP contribution >= 0.6 is 0 Å². The average molecular weight is 804 g/mol. The molecule has 0 spiro atoms. The van der Waals surface area contributed by atoms with Crippen molar-refractivity contribution in [2.45, 2.75) is 50.4 Å². The maximum atomic E-state index is 15.3. The number of carbonyl (C=O) groups excluding carboxylic acids is 4. The number of nitrogens with zero attached hydrogens (tertiary/aromatic N) is 2. The van der Waals surface area contributed by atoms with Crippen LogP contribution in [0.2, 0.25) is 0 Å². The molecule has 6 atom stereocenters. The Kier molecular flexibility index (Phi) is 9.20. The number of ether oxygens (including phenoxy) is 1. The van der Waals surface area contributed by atoms with Gasteiger partial charge in [0.05, 0.1) is 52.3 Å². The van der Waals surface area contributed by atoms with Crippen molar-refractivity contribution in [3.8, 4) is 11.5 Å². The van der Waals surface area contributed by atoms with Gasteiger partial charge in [0.25, 0.3) is 11.8 Å². The summed E-state index contributed by atoms with van der Waals surface area (Å²) < 4.78 is 89.4. The molecule has 4 aromatic rings. The summed E-state index contributed by atoms with van der Waals surface area (Å²) in [4.78, 5) is 59.2. The number of fused-ring (bicyclic) bond motifs is 4. The minimum absolute atomic E-state index is 0.0749. The topological polar surface area (TPSA) is 116 Å². The fraction of sp³-hybridized carbons (Fsp3) is 0.302. The molecule has 58 heavy (non-hydrogen) atoms. The Labute approximate surface area is 327 Å². The molecule has 3 fully saturated rings. The van der Waals surface area contributed by atoms with Crippen molar-refractivity contribution in [3.63, 3.8) is 0 Å². The molecular formula is C43H35F6N3O6. The van der Waals surface area contributed by atoms with Crippen LogP contribution in [0.25, 0.3) is 0 Å². The molecular weight excluding hydrogens is 768 g/mol. The van der Waals surface area contributed by atoms with Gasteiger partial charge in [0.1, 0.15) is 0 Å². The number of rotatable bonds is 7. The molecule has 4 aliphatic rings. The lowest BCUT2D eigenvalue weighted by Crippen LogP contribution is -2.53. The molecule has 0 aromatic heterocycles. The van der Waals surface area contributed by atoms with Gasteiger partial charge in [0, 0.05) is 11.5 Å². The Morgan fingerprint density at radius 3 is 2.09 bits per heavy atom. The number of aryl methyl sites for hydroxylation is 1. The summed E-state index contributed by atoms with van der Waals surface area (Å²) >= 11 is 0. The van der Waals surface area contributed by atoms with E-state index < -0.39 is 87.8 Å². The second-order valence-electron chi connectivity index (χ2n) is 15.0. The van der Waals surface area contributed by atoms with Gasteiger partial charge in [0.2, 0.25) is 11.8 Å². The number of imide groups is 2. The Morgan fingerprint density at radius 2 is 1.47 bits per heavy atom. The molecule has 2 N–H and O–H groups in total. The smallest absolute Gasteiger partial charge is 0.416 e. The number of alkyl halides is 6. The van der Waals surface area contributed by atoms with E-state index in [9.17, 15) is 45.8 Å². The fourth-order valence-electron chi connectivity index (χ4n) is 9.46. The van der Waals surface area contributed by atoms with Crippen LogP contribution in [0.15, 0.2) is 103 Å². The number of phenols is 1. The third-order valence-electron chi connectivity index (χ3n) is 11.9. The van der Waals surface area contributed by atoms with Crippen LogP contribution in [0.1, 0.15) is 53.5 Å². The van der Waals surface area contributed by atoms with Gasteiger partial charge in [-0.25, -0.2) is 4.90 Å². The van der Waals surface area contributed by atoms with Crippen molar-refractivity contribution < 1.29 is 55.4 Å². The summed E-state index contributed by atoms with van der Waals surface area (Å²) in [6.07, 6.45) is -9.21. The van der Waals surface area contributed by atoms with E-state index in [2.05, 4.69) is 5.43 Å². The van der Waals surface area contributed by atoms with E-state index >= 15 is 4.79 Å². The Bertz CT molecular complexity index is 2350. The highest BCUT2D eigenvalue weighted by atomic mass is 19.4. The quantitative estimate of drug-likeness (QED) is 0.110. The van der Waals surface area contributed by atoms with Gasteiger partial charge < -0.3 is 9.84 Å². The number of para-hydroxylation sites is 1. The first-order valence-corrected chi connectivity index (χ1v) is 18.6. The number of aromatic hydroxyl groups is 1. The van der Waals surface area contributed by atoms with E-state index in [1.54, 1.807) is 79.7 Å². The molecule has 1 saturated carbocycles. The van der Waals surface area contributed by atoms with E-state index in [-0.39, 0.29) is 42.6 Å². The highest BCUT2D eigenvalue weighted by Gasteiger charge is 2.70. The predicted octanol–water partition coefficient (Wildman–Crippen LogP) is 8.33. The summed E-state index contributed by atoms with van der Waals surface area (Å²) in [5, 5.41) is 12.8. The maximum absolute atomic E-state index is 15.3. The SMILES string of the molecule is CCOc1cccc(C2C3=CCC4C(=O)N(c5cc(C(F)(F)F)cc(C(F)(F)F)c5)C(=O)C4C3CC3C(=O)N(Nc4ccc(C)cc4)C(=O)C32c2ccccc2)c1O. The standard InChI is InChI=1S/C43H35F6N3O6/c1-3-58-33-11-7-10-30(36(33)53)35-28-16-17-29-34(39(56)51(37(29)54)27-19-24(42(44,45)46)18-25(20-27)43(47,48)49)31(28)21-32-38(55)52(50-26-14-12-22(2)13-15-26)40(57)41(32,35)23-8-5-4-6-9-23/h4-16,18-20,29,31-32,34-35,50,53H,3,17,21H2,1-2H3. The zero-order valence-corrected chi connectivity index (χ0v) is 30.9. The number of anilines is 2. The Balaban J connectivity index is 1.32. The first kappa shape index (κ1) is 38.7. The predicted molar refractivity (Wildman–Crippen MR) is 197 cm³/mol. The van der Waals surface area contributed by atoms with Crippen LogP contribution in [0.3, 0.4) is 0 Å². The first-order valence-electron chi connectivity index (χ1n) is 18.6. The lowest BCUT2D eigenvalue weighted by Gasteiger charge is -2.50. The first-order chi connectivity index (χ1) is 27.5. The lowest BCUT2D eigenvalue weighted by atomic mass is 9.49. The number of allylic oxidation sites excluding steroid dienone is 2. The number of hydrazine groups is 1. The number of hydrogen-bond donors (Lipinski definition) is 2. The summed E-state index contributed by atoms with van der Waals surface area (Å²) in [6, 6.07) is 20.7. The minimum atomic E-state index is -5.24. The molecule has 8 rings (SSSR count). The molecule has 0 radical (unpaired) electrons. The maximum Gasteiger partial charge on any atom is 0.416 e. The minimum Gasteiger partial charge on any atom is -0.504 e. The van der Waals surface area contributed by atoms with Gasteiger partial charge >= 0.3 is 12.4 Å². The van der Waals surface area contributed by atoms with E-state index in [1.165, 1.54) is 6.07 Å². The van der Waals surface area contributed by atoms with Gasteiger partial charge in [-0.15, -0.1) is 0 Å². The van der Waals surface area contributed by atoms with E-state index in [4.69, 9.17) is 4.74 Å². The van der Waals surface area contributed by atoms with Crippen LogP contribution in [0.5, 0.6) is 11.5 Å². The number of carbonyl (C=O) groups is 4. The second-order valence-corrected chi connectivity index (χ2v) is 15.0. The summed E-state index contributed by atoms with van der Waals surface area (Å²) in [7, 11) is 0. The van der Waals surface area contributed by atoms with Crippen LogP contribution in [0, 0.1) is 30.6 Å². The van der Waals surface area contributed by atoms with Gasteiger partial charge in [-0.05, 0) is 74.6 Å². The summed E-state index contributed by atoms with van der Waals surface area (Å²) in [5.74, 6) is -9.64. The third-order valence-corrected chi connectivity index (χ3v) is 11.9. The highest BCUT2D eigenvalue weighted by Crippen LogP contribution is 2.65. The van der Waals surface area contributed by atoms with Gasteiger partial charge in [0.15, 0.2) is 11.5 Å². The summed E-state index contributed by atoms with van der Waals surface area (Å²) in [5.41, 5.74) is -0.757. The molecule has 2 aliphatic heterocycles. The van der Waals surface area contributed by atoms with E-state index in [0.717, 1.165) is 10.6 Å². The van der Waals surface area contributed by atoms with Crippen molar-refractivity contribution in [2.24, 2.45) is 23.7 Å². The van der Waals surface area contributed by atoms with Crippen molar-refractivity contribution in [2.75, 3.05) is 16.9 Å². The number of halogens is 6. The van der Waals surface area contributed by atoms with Crippen LogP contribution in [-0.2, 0) is 36.9 Å².